The molecule has 0 bridgehead atoms. The first-order chi connectivity index (χ1) is 14.9. The average Bonchev–Trinajstić information content (AvgIpc) is 2.78. The summed E-state index contributed by atoms with van der Waals surface area (Å²) in [6.45, 7) is 8.63. The lowest BCUT2D eigenvalue weighted by Crippen LogP contribution is -2.42. The van der Waals surface area contributed by atoms with E-state index in [1.165, 1.54) is 11.1 Å². The molecule has 1 saturated heterocycles. The lowest BCUT2D eigenvalue weighted by Gasteiger charge is -2.38. The minimum atomic E-state index is -0.0977. The summed E-state index contributed by atoms with van der Waals surface area (Å²) in [5.41, 5.74) is 2.44. The zero-order valence-corrected chi connectivity index (χ0v) is 19.5. The Labute approximate surface area is 187 Å². The fourth-order valence-electron chi connectivity index (χ4n) is 4.70. The van der Waals surface area contributed by atoms with Gasteiger partial charge >= 0.3 is 0 Å². The number of rotatable bonds is 9. The smallest absolute Gasteiger partial charge is 0.222 e. The van der Waals surface area contributed by atoms with Gasteiger partial charge in [-0.1, -0.05) is 49.4 Å². The van der Waals surface area contributed by atoms with Crippen molar-refractivity contribution in [3.63, 3.8) is 0 Å². The van der Waals surface area contributed by atoms with Gasteiger partial charge in [0.15, 0.2) is 0 Å². The quantitative estimate of drug-likeness (QED) is 0.522. The van der Waals surface area contributed by atoms with Crippen LogP contribution in [0.2, 0.25) is 0 Å². The summed E-state index contributed by atoms with van der Waals surface area (Å²) in [4.78, 5) is 14.9. The second-order valence-electron chi connectivity index (χ2n) is 9.19. The Kier molecular flexibility index (Phi) is 8.14. The Bertz CT molecular complexity index is 816. The van der Waals surface area contributed by atoms with E-state index in [0.29, 0.717) is 12.3 Å². The Morgan fingerprint density at radius 3 is 2.42 bits per heavy atom. The molecule has 0 aromatic heterocycles. The molecule has 1 amide bonds. The molecule has 168 valence electrons. The van der Waals surface area contributed by atoms with Crippen LogP contribution in [0.4, 0.5) is 0 Å². The van der Waals surface area contributed by atoms with Gasteiger partial charge in [0.2, 0.25) is 5.91 Å². The fourth-order valence-corrected chi connectivity index (χ4v) is 4.70. The fraction of sp³-hybridized carbons (Fsp3) is 0.519. The van der Waals surface area contributed by atoms with Crippen LogP contribution in [0.1, 0.15) is 63.5 Å². The van der Waals surface area contributed by atoms with Crippen LogP contribution >= 0.6 is 0 Å². The molecule has 4 nitrogen and oxygen atoms in total. The molecule has 1 fully saturated rings. The number of benzene rings is 2. The highest BCUT2D eigenvalue weighted by atomic mass is 16.5. The third-order valence-corrected chi connectivity index (χ3v) is 6.34. The number of ether oxygens (including phenoxy) is 2. The van der Waals surface area contributed by atoms with Gasteiger partial charge < -0.3 is 14.4 Å². The maximum atomic E-state index is 12.8. The highest BCUT2D eigenvalue weighted by Crippen LogP contribution is 2.32. The first-order valence-electron chi connectivity index (χ1n) is 11.5. The minimum Gasteiger partial charge on any atom is -0.497 e. The molecule has 2 aromatic rings. The maximum Gasteiger partial charge on any atom is 0.222 e. The van der Waals surface area contributed by atoms with E-state index in [1.54, 1.807) is 7.11 Å². The Hall–Kier alpha value is -2.33. The Balaban J connectivity index is 1.75. The Morgan fingerprint density at radius 1 is 1.13 bits per heavy atom. The number of hydrogen-bond donors (Lipinski definition) is 0. The number of carbonyl (C=O) groups is 1. The van der Waals surface area contributed by atoms with Crippen LogP contribution in [0, 0.1) is 5.92 Å². The second kappa shape index (κ2) is 10.8. The number of amides is 1. The van der Waals surface area contributed by atoms with E-state index in [0.717, 1.165) is 44.7 Å². The van der Waals surface area contributed by atoms with Crippen molar-refractivity contribution < 1.29 is 14.3 Å². The van der Waals surface area contributed by atoms with E-state index in [1.807, 2.05) is 25.1 Å². The molecule has 0 radical (unpaired) electrons. The molecule has 1 aliphatic rings. The van der Waals surface area contributed by atoms with Gasteiger partial charge in [0, 0.05) is 32.0 Å². The Morgan fingerprint density at radius 2 is 1.81 bits per heavy atom. The standard InChI is InChI=1S/C27H37NO3/c1-5-26(29)28(20-21-16-18-31-27(2,3)19-21)17-15-25(22-9-7-6-8-10-22)23-11-13-24(30-4)14-12-23/h6-14,21,25H,5,15-20H2,1-4H3/t21-,25-/m0/s1. The van der Waals surface area contributed by atoms with Gasteiger partial charge in [0.25, 0.3) is 0 Å². The molecule has 0 unspecified atom stereocenters. The average molecular weight is 424 g/mol. The number of hydrogen-bond acceptors (Lipinski definition) is 3. The molecule has 4 heteroatoms. The highest BCUT2D eigenvalue weighted by Gasteiger charge is 2.31. The topological polar surface area (TPSA) is 38.8 Å². The van der Waals surface area contributed by atoms with Crippen molar-refractivity contribution in [1.29, 1.82) is 0 Å². The molecular formula is C27H37NO3. The van der Waals surface area contributed by atoms with E-state index in [9.17, 15) is 4.79 Å². The molecule has 2 atom stereocenters. The van der Waals surface area contributed by atoms with Crippen molar-refractivity contribution >= 4 is 5.91 Å². The molecular weight excluding hydrogens is 386 g/mol. The zero-order chi connectivity index (χ0) is 22.3. The van der Waals surface area contributed by atoms with E-state index < -0.39 is 0 Å². The third-order valence-electron chi connectivity index (χ3n) is 6.34. The van der Waals surface area contributed by atoms with Gasteiger partial charge in [0.05, 0.1) is 12.7 Å². The minimum absolute atomic E-state index is 0.0977. The molecule has 0 spiro atoms. The van der Waals surface area contributed by atoms with Crippen molar-refractivity contribution in [3.8, 4) is 5.75 Å². The van der Waals surface area contributed by atoms with Crippen LogP contribution in [0.15, 0.2) is 54.6 Å². The van der Waals surface area contributed by atoms with Crippen LogP contribution < -0.4 is 4.74 Å². The molecule has 0 aliphatic carbocycles. The van der Waals surface area contributed by atoms with Crippen LogP contribution in [0.5, 0.6) is 5.75 Å². The van der Waals surface area contributed by atoms with E-state index >= 15 is 0 Å². The van der Waals surface area contributed by atoms with Gasteiger partial charge in [-0.2, -0.15) is 0 Å². The number of nitrogens with zero attached hydrogens (tertiary/aromatic N) is 1. The largest absolute Gasteiger partial charge is 0.497 e. The number of methoxy groups -OCH3 is 1. The lowest BCUT2D eigenvalue weighted by atomic mass is 9.86. The summed E-state index contributed by atoms with van der Waals surface area (Å²) in [5, 5.41) is 0. The SMILES string of the molecule is CCC(=O)N(CC[C@@H](c1ccccc1)c1ccc(OC)cc1)C[C@H]1CCOC(C)(C)C1. The predicted octanol–water partition coefficient (Wildman–Crippen LogP) is 5.66. The molecule has 2 aromatic carbocycles. The summed E-state index contributed by atoms with van der Waals surface area (Å²) in [7, 11) is 1.69. The van der Waals surface area contributed by atoms with Gasteiger partial charge in [-0.3, -0.25) is 4.79 Å². The van der Waals surface area contributed by atoms with Gasteiger partial charge in [-0.15, -0.1) is 0 Å². The summed E-state index contributed by atoms with van der Waals surface area (Å²) in [6.07, 6.45) is 3.47. The van der Waals surface area contributed by atoms with Crippen molar-refractivity contribution in [1.82, 2.24) is 4.90 Å². The van der Waals surface area contributed by atoms with Crippen molar-refractivity contribution in [2.45, 2.75) is 58.0 Å². The summed E-state index contributed by atoms with van der Waals surface area (Å²) in [5.74, 6) is 1.84. The summed E-state index contributed by atoms with van der Waals surface area (Å²) >= 11 is 0. The maximum absolute atomic E-state index is 12.8. The summed E-state index contributed by atoms with van der Waals surface area (Å²) < 4.78 is 11.2. The molecule has 31 heavy (non-hydrogen) atoms. The molecule has 3 rings (SSSR count). The number of carbonyl (C=O) groups excluding carboxylic acids is 1. The second-order valence-corrected chi connectivity index (χ2v) is 9.19. The van der Waals surface area contributed by atoms with Crippen molar-refractivity contribution in [2.75, 3.05) is 26.8 Å². The first kappa shape index (κ1) is 23.3. The predicted molar refractivity (Wildman–Crippen MR) is 126 cm³/mol. The van der Waals surface area contributed by atoms with E-state index in [4.69, 9.17) is 9.47 Å². The molecule has 0 N–H and O–H groups in total. The van der Waals surface area contributed by atoms with Crippen LogP contribution in [-0.4, -0.2) is 43.2 Å². The van der Waals surface area contributed by atoms with Crippen molar-refractivity contribution in [2.24, 2.45) is 5.92 Å². The molecule has 1 aliphatic heterocycles. The molecule has 1 heterocycles. The lowest BCUT2D eigenvalue weighted by molar-refractivity contribution is -0.133. The first-order valence-corrected chi connectivity index (χ1v) is 11.5. The van der Waals surface area contributed by atoms with Gasteiger partial charge in [-0.25, -0.2) is 0 Å². The summed E-state index contributed by atoms with van der Waals surface area (Å²) in [6, 6.07) is 18.9. The van der Waals surface area contributed by atoms with Crippen LogP contribution in [0.25, 0.3) is 0 Å². The third kappa shape index (κ3) is 6.57. The monoisotopic (exact) mass is 423 g/mol. The van der Waals surface area contributed by atoms with Crippen LogP contribution in [0.3, 0.4) is 0 Å². The van der Waals surface area contributed by atoms with Gasteiger partial charge in [-0.05, 0) is 62.3 Å². The zero-order valence-electron chi connectivity index (χ0n) is 19.5. The van der Waals surface area contributed by atoms with Crippen molar-refractivity contribution in [3.05, 3.63) is 65.7 Å². The highest BCUT2D eigenvalue weighted by molar-refractivity contribution is 5.75. The van der Waals surface area contributed by atoms with Gasteiger partial charge in [0.1, 0.15) is 5.75 Å². The normalized spacial score (nSPS) is 18.9. The van der Waals surface area contributed by atoms with E-state index in [2.05, 4.69) is 55.1 Å². The molecule has 0 saturated carbocycles. The van der Waals surface area contributed by atoms with Crippen LogP contribution in [-0.2, 0) is 9.53 Å². The van der Waals surface area contributed by atoms with E-state index in [-0.39, 0.29) is 17.4 Å².